The number of halogens is 1. The second-order valence-corrected chi connectivity index (χ2v) is 8.33. The summed E-state index contributed by atoms with van der Waals surface area (Å²) in [6.07, 6.45) is 3.84. The minimum Gasteiger partial charge on any atom is -0.411 e. The summed E-state index contributed by atoms with van der Waals surface area (Å²) in [5.41, 5.74) is 4.50. The third kappa shape index (κ3) is 4.59. The van der Waals surface area contributed by atoms with Crippen LogP contribution in [0.15, 0.2) is 56.6 Å². The maximum absolute atomic E-state index is 12.2. The first-order valence-electron chi connectivity index (χ1n) is 8.81. The van der Waals surface area contributed by atoms with Gasteiger partial charge in [-0.25, -0.2) is 0 Å². The van der Waals surface area contributed by atoms with E-state index in [1.807, 2.05) is 30.3 Å². The molecule has 138 valence electrons. The molecule has 5 nitrogen and oxygen atoms in total. The van der Waals surface area contributed by atoms with E-state index in [1.165, 1.54) is 29.3 Å². The molecule has 0 atom stereocenters. The van der Waals surface area contributed by atoms with E-state index in [4.69, 9.17) is 4.42 Å². The maximum atomic E-state index is 12.2. The van der Waals surface area contributed by atoms with Gasteiger partial charge in [0, 0.05) is 27.9 Å². The molecule has 27 heavy (non-hydrogen) atoms. The lowest BCUT2D eigenvalue weighted by molar-refractivity contribution is -0.115. The second-order valence-electron chi connectivity index (χ2n) is 6.36. The predicted octanol–water partition coefficient (Wildman–Crippen LogP) is 5.11. The molecule has 1 aliphatic carbocycles. The maximum Gasteiger partial charge on any atom is 0.276 e. The van der Waals surface area contributed by atoms with E-state index in [-0.39, 0.29) is 5.91 Å². The van der Waals surface area contributed by atoms with E-state index in [2.05, 4.69) is 43.6 Å². The van der Waals surface area contributed by atoms with E-state index in [9.17, 15) is 4.79 Å². The van der Waals surface area contributed by atoms with Crippen LogP contribution in [-0.2, 0) is 17.6 Å². The zero-order valence-electron chi connectivity index (χ0n) is 14.6. The zero-order chi connectivity index (χ0) is 18.6. The highest BCUT2D eigenvalue weighted by Crippen LogP contribution is 2.26. The lowest BCUT2D eigenvalue weighted by Crippen LogP contribution is -2.12. The summed E-state index contributed by atoms with van der Waals surface area (Å²) in [4.78, 5) is 12.2. The van der Waals surface area contributed by atoms with E-state index in [1.54, 1.807) is 0 Å². The number of nitrogens with one attached hydrogen (secondary N) is 1. The fourth-order valence-electron chi connectivity index (χ4n) is 3.08. The molecule has 0 spiro atoms. The standard InChI is InChI=1S/C20H18BrN3O2S/c21-16-7-4-14(5-8-16)19-23-24-20(26-19)27-11-10-18(25)22-17-9-6-13-2-1-3-15(13)12-17/h4-9,12H,1-3,10-11H2,(H,22,25). The number of rotatable bonds is 6. The number of aromatic nitrogens is 2. The highest BCUT2D eigenvalue weighted by Gasteiger charge is 2.13. The summed E-state index contributed by atoms with van der Waals surface area (Å²) in [5, 5.41) is 11.5. The zero-order valence-corrected chi connectivity index (χ0v) is 17.0. The molecule has 1 aromatic heterocycles. The van der Waals surface area contributed by atoms with Gasteiger partial charge in [-0.05, 0) is 66.8 Å². The molecule has 0 fully saturated rings. The highest BCUT2D eigenvalue weighted by atomic mass is 79.9. The SMILES string of the molecule is O=C(CCSc1nnc(-c2ccc(Br)cc2)o1)Nc1ccc2c(c1)CCC2. The molecule has 1 aliphatic rings. The predicted molar refractivity (Wildman–Crippen MR) is 110 cm³/mol. The number of benzene rings is 2. The van der Waals surface area contributed by atoms with Gasteiger partial charge in [0.05, 0.1) is 0 Å². The Hall–Kier alpha value is -2.12. The van der Waals surface area contributed by atoms with Crippen molar-refractivity contribution in [1.82, 2.24) is 10.2 Å². The molecule has 7 heteroatoms. The lowest BCUT2D eigenvalue weighted by atomic mass is 10.1. The normalized spacial score (nSPS) is 12.8. The lowest BCUT2D eigenvalue weighted by Gasteiger charge is -2.07. The minimum absolute atomic E-state index is 0.00639. The topological polar surface area (TPSA) is 68.0 Å². The molecule has 3 aromatic rings. The minimum atomic E-state index is -0.00639. The van der Waals surface area contributed by atoms with Gasteiger partial charge in [0.15, 0.2) is 0 Å². The number of aryl methyl sites for hydroxylation is 2. The summed E-state index contributed by atoms with van der Waals surface area (Å²) in [6.45, 7) is 0. The first-order chi connectivity index (χ1) is 13.2. The van der Waals surface area contributed by atoms with E-state index < -0.39 is 0 Å². The van der Waals surface area contributed by atoms with Crippen LogP contribution in [0, 0.1) is 0 Å². The average Bonchev–Trinajstić information content (AvgIpc) is 3.31. The van der Waals surface area contributed by atoms with Gasteiger partial charge in [-0.1, -0.05) is 33.8 Å². The molecule has 2 aromatic carbocycles. The van der Waals surface area contributed by atoms with Crippen molar-refractivity contribution in [3.63, 3.8) is 0 Å². The van der Waals surface area contributed by atoms with Crippen molar-refractivity contribution in [3.05, 3.63) is 58.1 Å². The molecule has 0 radical (unpaired) electrons. The summed E-state index contributed by atoms with van der Waals surface area (Å²) in [7, 11) is 0. The van der Waals surface area contributed by atoms with Crippen LogP contribution in [0.3, 0.4) is 0 Å². The fraction of sp³-hybridized carbons (Fsp3) is 0.250. The first-order valence-corrected chi connectivity index (χ1v) is 10.6. The molecule has 0 unspecified atom stereocenters. The number of carbonyl (C=O) groups is 1. The molecular weight excluding hydrogens is 426 g/mol. The van der Waals surface area contributed by atoms with Gasteiger partial charge in [-0.15, -0.1) is 10.2 Å². The van der Waals surface area contributed by atoms with Crippen LogP contribution in [0.1, 0.15) is 24.0 Å². The van der Waals surface area contributed by atoms with Crippen molar-refractivity contribution in [2.24, 2.45) is 0 Å². The summed E-state index contributed by atoms with van der Waals surface area (Å²) < 4.78 is 6.65. The molecule has 1 N–H and O–H groups in total. The Kier molecular flexibility index (Phi) is 5.59. The largest absolute Gasteiger partial charge is 0.411 e. The molecule has 4 rings (SSSR count). The second kappa shape index (κ2) is 8.27. The van der Waals surface area contributed by atoms with Gasteiger partial charge in [-0.3, -0.25) is 4.79 Å². The van der Waals surface area contributed by atoms with Crippen molar-refractivity contribution in [3.8, 4) is 11.5 Å². The van der Waals surface area contributed by atoms with Crippen LogP contribution in [0.2, 0.25) is 0 Å². The highest BCUT2D eigenvalue weighted by molar-refractivity contribution is 9.10. The van der Waals surface area contributed by atoms with Crippen LogP contribution in [0.5, 0.6) is 0 Å². The van der Waals surface area contributed by atoms with E-state index in [0.717, 1.165) is 28.6 Å². The van der Waals surface area contributed by atoms with Crippen LogP contribution < -0.4 is 5.32 Å². The summed E-state index contributed by atoms with van der Waals surface area (Å²) in [5.74, 6) is 1.05. The monoisotopic (exact) mass is 443 g/mol. The number of anilines is 1. The third-order valence-corrected chi connectivity index (χ3v) is 5.78. The summed E-state index contributed by atoms with van der Waals surface area (Å²) in [6, 6.07) is 13.9. The Morgan fingerprint density at radius 2 is 1.93 bits per heavy atom. The molecule has 0 aliphatic heterocycles. The van der Waals surface area contributed by atoms with E-state index >= 15 is 0 Å². The van der Waals surface area contributed by atoms with Crippen LogP contribution >= 0.6 is 27.7 Å². The average molecular weight is 444 g/mol. The smallest absolute Gasteiger partial charge is 0.276 e. The number of hydrogen-bond acceptors (Lipinski definition) is 5. The van der Waals surface area contributed by atoms with Gasteiger partial charge in [0.1, 0.15) is 0 Å². The first kappa shape index (κ1) is 18.3. The van der Waals surface area contributed by atoms with Crippen molar-refractivity contribution < 1.29 is 9.21 Å². The van der Waals surface area contributed by atoms with Crippen molar-refractivity contribution >= 4 is 39.3 Å². The third-order valence-electron chi connectivity index (χ3n) is 4.43. The van der Waals surface area contributed by atoms with Crippen molar-refractivity contribution in [2.45, 2.75) is 30.9 Å². The molecule has 1 heterocycles. The Morgan fingerprint density at radius 3 is 2.78 bits per heavy atom. The van der Waals surface area contributed by atoms with E-state index in [0.29, 0.717) is 23.3 Å². The van der Waals surface area contributed by atoms with Crippen molar-refractivity contribution in [2.75, 3.05) is 11.1 Å². The number of hydrogen-bond donors (Lipinski definition) is 1. The molecule has 0 saturated carbocycles. The van der Waals surface area contributed by atoms with Crippen molar-refractivity contribution in [1.29, 1.82) is 0 Å². The van der Waals surface area contributed by atoms with Gasteiger partial charge < -0.3 is 9.73 Å². The Bertz CT molecular complexity index is 956. The van der Waals surface area contributed by atoms with Crippen LogP contribution in [0.25, 0.3) is 11.5 Å². The number of carbonyl (C=O) groups excluding carboxylic acids is 1. The van der Waals surface area contributed by atoms with Gasteiger partial charge >= 0.3 is 0 Å². The quantitative estimate of drug-likeness (QED) is 0.536. The Balaban J connectivity index is 1.27. The number of amides is 1. The molecule has 0 bridgehead atoms. The molecule has 0 saturated heterocycles. The van der Waals surface area contributed by atoms with Gasteiger partial charge in [0.25, 0.3) is 5.22 Å². The fourth-order valence-corrected chi connectivity index (χ4v) is 4.04. The Labute approximate surface area is 170 Å². The summed E-state index contributed by atoms with van der Waals surface area (Å²) >= 11 is 4.79. The number of fused-ring (bicyclic) bond motifs is 1. The van der Waals surface area contributed by atoms with Crippen LogP contribution in [0.4, 0.5) is 5.69 Å². The van der Waals surface area contributed by atoms with Crippen LogP contribution in [-0.4, -0.2) is 21.9 Å². The molecule has 1 amide bonds. The molecular formula is C20H18BrN3O2S. The number of nitrogens with zero attached hydrogens (tertiary/aromatic N) is 2. The van der Waals surface area contributed by atoms with Gasteiger partial charge in [0.2, 0.25) is 11.8 Å². The number of thioether (sulfide) groups is 1. The van der Waals surface area contributed by atoms with Gasteiger partial charge in [-0.2, -0.15) is 0 Å². The Morgan fingerprint density at radius 1 is 1.11 bits per heavy atom.